The summed E-state index contributed by atoms with van der Waals surface area (Å²) in [5.41, 5.74) is 2.88. The third kappa shape index (κ3) is 2.61. The molecule has 0 saturated heterocycles. The van der Waals surface area contributed by atoms with E-state index >= 15 is 0 Å². The van der Waals surface area contributed by atoms with E-state index in [0.717, 1.165) is 5.56 Å². The number of hydrogen-bond acceptors (Lipinski definition) is 6. The molecular weight excluding hydrogens is 334 g/mol. The van der Waals surface area contributed by atoms with Crippen molar-refractivity contribution in [3.8, 4) is 5.75 Å². The second-order valence-electron chi connectivity index (χ2n) is 5.87. The number of ketones is 1. The third-order valence-electron chi connectivity index (χ3n) is 4.18. The summed E-state index contributed by atoms with van der Waals surface area (Å²) in [5.74, 6) is 1.03. The largest absolute Gasteiger partial charge is 0.496 e. The molecule has 0 bridgehead atoms. The van der Waals surface area contributed by atoms with Gasteiger partial charge in [0.1, 0.15) is 28.1 Å². The van der Waals surface area contributed by atoms with Crippen LogP contribution in [0.1, 0.15) is 28.7 Å². The van der Waals surface area contributed by atoms with Gasteiger partial charge in [0.25, 0.3) is 5.56 Å². The highest BCUT2D eigenvalue weighted by molar-refractivity contribution is 6.00. The van der Waals surface area contributed by atoms with Crippen molar-refractivity contribution in [2.24, 2.45) is 0 Å². The van der Waals surface area contributed by atoms with E-state index in [1.54, 1.807) is 37.7 Å². The molecule has 3 aromatic heterocycles. The van der Waals surface area contributed by atoms with Crippen LogP contribution in [-0.4, -0.2) is 37.8 Å². The zero-order chi connectivity index (χ0) is 18.3. The lowest BCUT2D eigenvalue weighted by atomic mass is 10.0. The van der Waals surface area contributed by atoms with Crippen LogP contribution >= 0.6 is 0 Å². The van der Waals surface area contributed by atoms with E-state index in [1.165, 1.54) is 6.92 Å². The topological polar surface area (TPSA) is 114 Å². The predicted molar refractivity (Wildman–Crippen MR) is 95.6 cm³/mol. The number of fused-ring (bicyclic) bond motifs is 3. The van der Waals surface area contributed by atoms with E-state index < -0.39 is 0 Å². The van der Waals surface area contributed by atoms with Crippen molar-refractivity contribution in [1.82, 2.24) is 24.9 Å². The molecule has 0 atom stereocenters. The van der Waals surface area contributed by atoms with E-state index in [9.17, 15) is 9.59 Å². The number of aromatic amines is 2. The van der Waals surface area contributed by atoms with Gasteiger partial charge in [-0.3, -0.25) is 9.59 Å². The summed E-state index contributed by atoms with van der Waals surface area (Å²) < 4.78 is 5.37. The van der Waals surface area contributed by atoms with Crippen LogP contribution in [0.2, 0.25) is 0 Å². The number of ether oxygens (including phenoxy) is 1. The number of nitrogens with one attached hydrogen (secondary N) is 2. The first-order valence-corrected chi connectivity index (χ1v) is 7.96. The van der Waals surface area contributed by atoms with Crippen molar-refractivity contribution >= 4 is 28.0 Å². The lowest BCUT2D eigenvalue weighted by molar-refractivity contribution is 0.101. The molecule has 8 nitrogen and oxygen atoms in total. The van der Waals surface area contributed by atoms with Gasteiger partial charge in [-0.25, -0.2) is 15.0 Å². The Labute approximate surface area is 147 Å². The van der Waals surface area contributed by atoms with Crippen molar-refractivity contribution < 1.29 is 9.53 Å². The molecule has 130 valence electrons. The molecule has 1 aromatic carbocycles. The predicted octanol–water partition coefficient (Wildman–Crippen LogP) is 2.00. The zero-order valence-corrected chi connectivity index (χ0v) is 14.2. The van der Waals surface area contributed by atoms with Crippen LogP contribution in [0.3, 0.4) is 0 Å². The number of carbonyl (C=O) groups excluding carboxylic acids is 1. The molecule has 0 unspecified atom stereocenters. The molecule has 0 saturated carbocycles. The van der Waals surface area contributed by atoms with Gasteiger partial charge in [0.15, 0.2) is 11.4 Å². The summed E-state index contributed by atoms with van der Waals surface area (Å²) in [7, 11) is 1.56. The van der Waals surface area contributed by atoms with E-state index in [0.29, 0.717) is 45.8 Å². The molecule has 0 aliphatic heterocycles. The fourth-order valence-electron chi connectivity index (χ4n) is 2.93. The van der Waals surface area contributed by atoms with Crippen LogP contribution in [0.5, 0.6) is 5.75 Å². The Bertz CT molecular complexity index is 1210. The Hall–Kier alpha value is -3.55. The Morgan fingerprint density at radius 2 is 1.96 bits per heavy atom. The Balaban J connectivity index is 1.85. The van der Waals surface area contributed by atoms with E-state index in [2.05, 4.69) is 24.9 Å². The Morgan fingerprint density at radius 1 is 1.15 bits per heavy atom. The first-order chi connectivity index (χ1) is 12.6. The van der Waals surface area contributed by atoms with Gasteiger partial charge >= 0.3 is 0 Å². The molecular formula is C18H15N5O3. The van der Waals surface area contributed by atoms with Crippen molar-refractivity contribution in [2.75, 3.05) is 7.11 Å². The van der Waals surface area contributed by atoms with Crippen LogP contribution < -0.4 is 10.3 Å². The maximum atomic E-state index is 12.4. The summed E-state index contributed by atoms with van der Waals surface area (Å²) in [6.07, 6.45) is 3.41. The monoisotopic (exact) mass is 349 g/mol. The molecule has 0 aliphatic rings. The lowest BCUT2D eigenvalue weighted by Gasteiger charge is -2.09. The fraction of sp³-hybridized carbons (Fsp3) is 0.167. The summed E-state index contributed by atoms with van der Waals surface area (Å²) in [6.45, 7) is 1.50. The first-order valence-electron chi connectivity index (χ1n) is 7.96. The van der Waals surface area contributed by atoms with Crippen LogP contribution in [0.25, 0.3) is 22.2 Å². The minimum absolute atomic E-state index is 0.0438. The van der Waals surface area contributed by atoms with Gasteiger partial charge in [0.2, 0.25) is 0 Å². The Morgan fingerprint density at radius 3 is 2.73 bits per heavy atom. The number of aromatic nitrogens is 5. The fourth-order valence-corrected chi connectivity index (χ4v) is 2.93. The highest BCUT2D eigenvalue weighted by Gasteiger charge is 2.14. The molecule has 4 rings (SSSR count). The summed E-state index contributed by atoms with van der Waals surface area (Å²) in [4.78, 5) is 42.7. The van der Waals surface area contributed by atoms with Gasteiger partial charge in [0.05, 0.1) is 7.11 Å². The highest BCUT2D eigenvalue weighted by Crippen LogP contribution is 2.23. The average Bonchev–Trinajstić information content (AvgIpc) is 3.01. The lowest BCUT2D eigenvalue weighted by Crippen LogP contribution is -2.12. The zero-order valence-electron chi connectivity index (χ0n) is 14.2. The van der Waals surface area contributed by atoms with Gasteiger partial charge < -0.3 is 14.7 Å². The number of Topliss-reactive ketones (excluding diaryl/α,β-unsaturated/α-hetero) is 1. The normalized spacial score (nSPS) is 11.2. The van der Waals surface area contributed by atoms with Crippen LogP contribution in [-0.2, 0) is 6.42 Å². The minimum Gasteiger partial charge on any atom is -0.496 e. The molecule has 26 heavy (non-hydrogen) atoms. The highest BCUT2D eigenvalue weighted by atomic mass is 16.5. The molecule has 0 fully saturated rings. The maximum Gasteiger partial charge on any atom is 0.275 e. The number of carbonyl (C=O) groups is 1. The van der Waals surface area contributed by atoms with E-state index in [-0.39, 0.29) is 11.3 Å². The van der Waals surface area contributed by atoms with Gasteiger partial charge in [0, 0.05) is 29.9 Å². The second kappa shape index (κ2) is 6.07. The quantitative estimate of drug-likeness (QED) is 0.545. The van der Waals surface area contributed by atoms with Crippen molar-refractivity contribution in [2.45, 2.75) is 13.3 Å². The standard InChI is InChI=1S/C18H15N5O3/c1-9(24)10-3-4-12(26-2)11(7-10)8-13-21-14-15-17(20-6-5-19-15)23-16(14)18(25)22-13/h3-7H,8H2,1-2H3,(H,20,23)(H,21,22,25). The average molecular weight is 349 g/mol. The number of hydrogen-bond donors (Lipinski definition) is 2. The van der Waals surface area contributed by atoms with Gasteiger partial charge in [-0.15, -0.1) is 0 Å². The number of nitrogens with zero attached hydrogens (tertiary/aromatic N) is 3. The van der Waals surface area contributed by atoms with Crippen LogP contribution in [0.4, 0.5) is 0 Å². The number of H-pyrrole nitrogens is 2. The smallest absolute Gasteiger partial charge is 0.275 e. The van der Waals surface area contributed by atoms with E-state index in [1.807, 2.05) is 0 Å². The molecule has 0 spiro atoms. The van der Waals surface area contributed by atoms with E-state index in [4.69, 9.17) is 4.74 Å². The number of benzene rings is 1. The molecule has 3 heterocycles. The Kier molecular flexibility index (Phi) is 3.72. The van der Waals surface area contributed by atoms with Gasteiger partial charge in [-0.2, -0.15) is 0 Å². The summed E-state index contributed by atoms with van der Waals surface area (Å²) in [5, 5.41) is 0. The summed E-state index contributed by atoms with van der Waals surface area (Å²) >= 11 is 0. The van der Waals surface area contributed by atoms with Crippen LogP contribution in [0.15, 0.2) is 35.4 Å². The molecule has 0 amide bonds. The summed E-state index contributed by atoms with van der Waals surface area (Å²) in [6, 6.07) is 5.19. The second-order valence-corrected chi connectivity index (χ2v) is 5.87. The first kappa shape index (κ1) is 15.9. The van der Waals surface area contributed by atoms with Gasteiger partial charge in [-0.1, -0.05) is 0 Å². The SMILES string of the molecule is COc1ccc(C(C)=O)cc1Cc1nc2c([nH]c3nccnc32)c(=O)[nH]1. The molecule has 4 aromatic rings. The molecule has 2 N–H and O–H groups in total. The maximum absolute atomic E-state index is 12.4. The van der Waals surface area contributed by atoms with Gasteiger partial charge in [-0.05, 0) is 25.1 Å². The number of rotatable bonds is 4. The number of methoxy groups -OCH3 is 1. The molecule has 0 aliphatic carbocycles. The van der Waals surface area contributed by atoms with Crippen molar-refractivity contribution in [3.63, 3.8) is 0 Å². The molecule has 8 heteroatoms. The van der Waals surface area contributed by atoms with Crippen molar-refractivity contribution in [1.29, 1.82) is 0 Å². The van der Waals surface area contributed by atoms with Crippen LogP contribution in [0, 0.1) is 0 Å². The van der Waals surface area contributed by atoms with Crippen molar-refractivity contribution in [3.05, 3.63) is 57.9 Å². The minimum atomic E-state index is -0.300. The molecule has 0 radical (unpaired) electrons. The third-order valence-corrected chi connectivity index (χ3v) is 4.18.